The molecule has 1 aromatic rings. The molecule has 0 aliphatic rings. The maximum Gasteiger partial charge on any atom is 0.230 e. The average molecular weight is 293 g/mol. The molecule has 1 atom stereocenters. The summed E-state index contributed by atoms with van der Waals surface area (Å²) in [5, 5.41) is 2.80. The van der Waals surface area contributed by atoms with E-state index in [9.17, 15) is 9.59 Å². The van der Waals surface area contributed by atoms with Crippen molar-refractivity contribution in [3.63, 3.8) is 0 Å². The van der Waals surface area contributed by atoms with Crippen LogP contribution in [0, 0.1) is 12.8 Å². The van der Waals surface area contributed by atoms with E-state index in [0.29, 0.717) is 5.75 Å². The van der Waals surface area contributed by atoms with Gasteiger partial charge in [-0.15, -0.1) is 11.8 Å². The molecule has 110 valence electrons. The maximum absolute atomic E-state index is 11.8. The van der Waals surface area contributed by atoms with Gasteiger partial charge in [0.25, 0.3) is 0 Å². The molecule has 20 heavy (non-hydrogen) atoms. The molecule has 0 aliphatic carbocycles. The van der Waals surface area contributed by atoms with Crippen LogP contribution in [0.5, 0.6) is 0 Å². The highest BCUT2D eigenvalue weighted by Crippen LogP contribution is 2.13. The molecule has 0 saturated heterocycles. The summed E-state index contributed by atoms with van der Waals surface area (Å²) in [7, 11) is 0. The van der Waals surface area contributed by atoms with Crippen molar-refractivity contribution in [2.75, 3.05) is 5.75 Å². The van der Waals surface area contributed by atoms with E-state index in [4.69, 9.17) is 0 Å². The Morgan fingerprint density at radius 1 is 1.30 bits per heavy atom. The summed E-state index contributed by atoms with van der Waals surface area (Å²) in [6, 6.07) is 7.89. The highest BCUT2D eigenvalue weighted by Gasteiger charge is 2.20. The van der Waals surface area contributed by atoms with Crippen molar-refractivity contribution in [3.8, 4) is 0 Å². The van der Waals surface area contributed by atoms with Crippen LogP contribution >= 0.6 is 11.8 Å². The second-order valence-electron chi connectivity index (χ2n) is 5.38. The largest absolute Gasteiger partial charge is 0.345 e. The number of hydrogen-bond donors (Lipinski definition) is 1. The second kappa shape index (κ2) is 8.10. The van der Waals surface area contributed by atoms with Gasteiger partial charge in [0, 0.05) is 5.75 Å². The number of rotatable bonds is 7. The van der Waals surface area contributed by atoms with Gasteiger partial charge in [0.1, 0.15) is 0 Å². The van der Waals surface area contributed by atoms with Crippen molar-refractivity contribution in [1.29, 1.82) is 0 Å². The Bertz CT molecular complexity index is 471. The molecule has 1 amide bonds. The first-order valence-corrected chi connectivity index (χ1v) is 7.98. The quantitative estimate of drug-likeness (QED) is 0.840. The molecule has 0 aromatic heterocycles. The molecule has 0 aliphatic heterocycles. The molecule has 1 unspecified atom stereocenters. The topological polar surface area (TPSA) is 46.2 Å². The number of ketones is 1. The molecule has 1 N–H and O–H groups in total. The molecule has 0 spiro atoms. The summed E-state index contributed by atoms with van der Waals surface area (Å²) in [5.41, 5.74) is 2.44. The second-order valence-corrected chi connectivity index (χ2v) is 6.37. The van der Waals surface area contributed by atoms with Gasteiger partial charge in [-0.3, -0.25) is 9.59 Å². The van der Waals surface area contributed by atoms with Gasteiger partial charge in [-0.25, -0.2) is 0 Å². The lowest BCUT2D eigenvalue weighted by atomic mass is 10.0. The van der Waals surface area contributed by atoms with Crippen molar-refractivity contribution in [2.45, 2.75) is 39.5 Å². The van der Waals surface area contributed by atoms with Crippen molar-refractivity contribution in [2.24, 2.45) is 5.92 Å². The zero-order valence-corrected chi connectivity index (χ0v) is 13.4. The van der Waals surface area contributed by atoms with E-state index in [1.165, 1.54) is 18.1 Å². The lowest BCUT2D eigenvalue weighted by molar-refractivity contribution is -0.126. The molecule has 0 heterocycles. The number of benzene rings is 1. The summed E-state index contributed by atoms with van der Waals surface area (Å²) in [5.74, 6) is 1.25. The lowest BCUT2D eigenvalue weighted by Crippen LogP contribution is -2.44. The van der Waals surface area contributed by atoms with Gasteiger partial charge in [0.15, 0.2) is 5.78 Å². The number of carbonyl (C=O) groups is 2. The first kappa shape index (κ1) is 16.8. The first-order valence-electron chi connectivity index (χ1n) is 6.83. The van der Waals surface area contributed by atoms with E-state index < -0.39 is 0 Å². The number of amides is 1. The van der Waals surface area contributed by atoms with Crippen LogP contribution in [-0.2, 0) is 15.3 Å². The van der Waals surface area contributed by atoms with Crippen LogP contribution in [0.1, 0.15) is 31.9 Å². The van der Waals surface area contributed by atoms with Gasteiger partial charge in [0.2, 0.25) is 5.91 Å². The van der Waals surface area contributed by atoms with E-state index >= 15 is 0 Å². The summed E-state index contributed by atoms with van der Waals surface area (Å²) >= 11 is 1.57. The fraction of sp³-hybridized carbons (Fsp3) is 0.500. The predicted molar refractivity (Wildman–Crippen MR) is 84.8 cm³/mol. The van der Waals surface area contributed by atoms with Crippen molar-refractivity contribution in [3.05, 3.63) is 35.4 Å². The molecule has 1 aromatic carbocycles. The highest BCUT2D eigenvalue weighted by atomic mass is 32.2. The summed E-state index contributed by atoms with van der Waals surface area (Å²) < 4.78 is 0. The van der Waals surface area contributed by atoms with Crippen LogP contribution in [0.25, 0.3) is 0 Å². The van der Waals surface area contributed by atoms with E-state index in [1.54, 1.807) is 11.8 Å². The lowest BCUT2D eigenvalue weighted by Gasteiger charge is -2.19. The monoisotopic (exact) mass is 293 g/mol. The molecule has 0 fully saturated rings. The molecule has 0 radical (unpaired) electrons. The Kier molecular flexibility index (Phi) is 6.79. The fourth-order valence-electron chi connectivity index (χ4n) is 2.02. The van der Waals surface area contributed by atoms with Crippen molar-refractivity contribution >= 4 is 23.5 Å². The van der Waals surface area contributed by atoms with Crippen LogP contribution in [0.15, 0.2) is 24.3 Å². The van der Waals surface area contributed by atoms with E-state index in [2.05, 4.69) is 30.4 Å². The van der Waals surface area contributed by atoms with E-state index in [-0.39, 0.29) is 23.7 Å². The molecule has 1 rings (SSSR count). The smallest absolute Gasteiger partial charge is 0.230 e. The van der Waals surface area contributed by atoms with Crippen LogP contribution in [0.2, 0.25) is 0 Å². The maximum atomic E-state index is 11.8. The summed E-state index contributed by atoms with van der Waals surface area (Å²) in [4.78, 5) is 23.3. The molecule has 4 heteroatoms. The Hall–Kier alpha value is -1.29. The van der Waals surface area contributed by atoms with E-state index in [0.717, 1.165) is 5.75 Å². The van der Waals surface area contributed by atoms with Gasteiger partial charge in [0.05, 0.1) is 11.8 Å². The molecule has 0 bridgehead atoms. The number of Topliss-reactive ketones (excluding diaryl/α,β-unsaturated/α-hetero) is 1. The van der Waals surface area contributed by atoms with Crippen molar-refractivity contribution < 1.29 is 9.59 Å². The van der Waals surface area contributed by atoms with Crippen molar-refractivity contribution in [1.82, 2.24) is 5.32 Å². The fourth-order valence-corrected chi connectivity index (χ4v) is 2.80. The van der Waals surface area contributed by atoms with Gasteiger partial charge < -0.3 is 5.32 Å². The van der Waals surface area contributed by atoms with Crippen LogP contribution < -0.4 is 5.32 Å². The standard InChI is InChI=1S/C16H23NO2S/c1-11(2)16(13(4)18)17-15(19)10-20-9-14-7-5-6-12(3)8-14/h5-8,11,16H,9-10H2,1-4H3,(H,17,19). The van der Waals surface area contributed by atoms with E-state index in [1.807, 2.05) is 19.9 Å². The third kappa shape index (κ3) is 5.78. The summed E-state index contributed by atoms with van der Waals surface area (Å²) in [6.07, 6.45) is 0. The number of thioether (sulfide) groups is 1. The highest BCUT2D eigenvalue weighted by molar-refractivity contribution is 7.99. The van der Waals surface area contributed by atoms with Crippen LogP contribution in [0.3, 0.4) is 0 Å². The Morgan fingerprint density at radius 3 is 2.55 bits per heavy atom. The molecular weight excluding hydrogens is 270 g/mol. The van der Waals surface area contributed by atoms with Crippen LogP contribution in [-0.4, -0.2) is 23.5 Å². The van der Waals surface area contributed by atoms with Gasteiger partial charge in [-0.05, 0) is 25.3 Å². The van der Waals surface area contributed by atoms with Crippen LogP contribution in [0.4, 0.5) is 0 Å². The number of aryl methyl sites for hydroxylation is 1. The Morgan fingerprint density at radius 2 is 2.00 bits per heavy atom. The number of nitrogens with one attached hydrogen (secondary N) is 1. The zero-order valence-electron chi connectivity index (χ0n) is 12.6. The summed E-state index contributed by atoms with van der Waals surface area (Å²) in [6.45, 7) is 7.45. The Balaban J connectivity index is 2.38. The molecule has 3 nitrogen and oxygen atoms in total. The molecular formula is C16H23NO2S. The predicted octanol–water partition coefficient (Wildman–Crippen LogP) is 2.96. The minimum absolute atomic E-state index is 0.0111. The number of hydrogen-bond acceptors (Lipinski definition) is 3. The number of carbonyl (C=O) groups excluding carboxylic acids is 2. The first-order chi connectivity index (χ1) is 9.40. The zero-order chi connectivity index (χ0) is 15.1. The molecule has 0 saturated carbocycles. The van der Waals surface area contributed by atoms with Gasteiger partial charge in [-0.1, -0.05) is 43.7 Å². The average Bonchev–Trinajstić information content (AvgIpc) is 2.35. The third-order valence-electron chi connectivity index (χ3n) is 3.01. The Labute approximate surface area is 125 Å². The SMILES string of the molecule is CC(=O)C(NC(=O)CSCc1cccc(C)c1)C(C)C. The normalized spacial score (nSPS) is 12.2. The minimum atomic E-state index is -0.373. The third-order valence-corrected chi connectivity index (χ3v) is 4.01. The minimum Gasteiger partial charge on any atom is -0.345 e. The van der Waals surface area contributed by atoms with Gasteiger partial charge in [-0.2, -0.15) is 0 Å². The van der Waals surface area contributed by atoms with Gasteiger partial charge >= 0.3 is 0 Å².